The van der Waals surface area contributed by atoms with Crippen LogP contribution in [0.3, 0.4) is 0 Å². The zero-order valence-corrected chi connectivity index (χ0v) is 13.5. The Morgan fingerprint density at radius 1 is 1.05 bits per heavy atom. The lowest BCUT2D eigenvalue weighted by molar-refractivity contribution is 0.310. The van der Waals surface area contributed by atoms with Crippen molar-refractivity contribution < 1.29 is 9.47 Å². The van der Waals surface area contributed by atoms with Crippen LogP contribution in [0.2, 0.25) is 5.02 Å². The first kappa shape index (κ1) is 15.7. The summed E-state index contributed by atoms with van der Waals surface area (Å²) in [6.45, 7) is 4.67. The first-order valence-electron chi connectivity index (χ1n) is 7.19. The molecule has 0 N–H and O–H groups in total. The zero-order valence-electron chi connectivity index (χ0n) is 12.8. The van der Waals surface area contributed by atoms with Gasteiger partial charge in [-0.2, -0.15) is 0 Å². The van der Waals surface area contributed by atoms with Crippen LogP contribution in [0.4, 0.5) is 0 Å². The molecule has 0 heterocycles. The van der Waals surface area contributed by atoms with Gasteiger partial charge < -0.3 is 9.47 Å². The molecule has 2 rings (SSSR count). The minimum atomic E-state index is 0.632. The molecule has 0 saturated heterocycles. The van der Waals surface area contributed by atoms with Gasteiger partial charge in [0.2, 0.25) is 0 Å². The highest BCUT2D eigenvalue weighted by Gasteiger charge is 2.07. The van der Waals surface area contributed by atoms with Gasteiger partial charge in [-0.1, -0.05) is 29.8 Å². The number of halogens is 1. The van der Waals surface area contributed by atoms with E-state index in [4.69, 9.17) is 21.1 Å². The lowest BCUT2D eigenvalue weighted by Gasteiger charge is -2.12. The fourth-order valence-corrected chi connectivity index (χ4v) is 2.54. The molecule has 0 bridgehead atoms. The minimum Gasteiger partial charge on any atom is -0.493 e. The number of hydrogen-bond donors (Lipinski definition) is 0. The lowest BCUT2D eigenvalue weighted by Crippen LogP contribution is -1.98. The van der Waals surface area contributed by atoms with Crippen LogP contribution >= 0.6 is 11.6 Å². The first-order valence-corrected chi connectivity index (χ1v) is 7.57. The molecule has 0 radical (unpaired) electrons. The number of aryl methyl sites for hydroxylation is 2. The molecule has 0 saturated carbocycles. The fourth-order valence-electron chi connectivity index (χ4n) is 2.35. The van der Waals surface area contributed by atoms with Crippen molar-refractivity contribution in [1.82, 2.24) is 0 Å². The predicted octanol–water partition coefficient (Wildman–Crippen LogP) is 4.84. The number of rotatable bonds is 6. The van der Waals surface area contributed by atoms with Crippen molar-refractivity contribution in [3.05, 3.63) is 58.1 Å². The maximum Gasteiger partial charge on any atom is 0.161 e. The van der Waals surface area contributed by atoms with E-state index in [-0.39, 0.29) is 0 Å². The van der Waals surface area contributed by atoms with Crippen LogP contribution < -0.4 is 9.47 Å². The zero-order chi connectivity index (χ0) is 15.2. The van der Waals surface area contributed by atoms with E-state index in [0.717, 1.165) is 34.9 Å². The van der Waals surface area contributed by atoms with E-state index < -0.39 is 0 Å². The summed E-state index contributed by atoms with van der Waals surface area (Å²) in [7, 11) is 1.66. The average Bonchev–Trinajstić information content (AvgIpc) is 2.49. The summed E-state index contributed by atoms with van der Waals surface area (Å²) in [5, 5.41) is 0.831. The van der Waals surface area contributed by atoms with Gasteiger partial charge >= 0.3 is 0 Å². The van der Waals surface area contributed by atoms with Gasteiger partial charge in [0.1, 0.15) is 0 Å². The quantitative estimate of drug-likeness (QED) is 0.760. The van der Waals surface area contributed by atoms with Crippen LogP contribution in [-0.4, -0.2) is 13.7 Å². The number of methoxy groups -OCH3 is 1. The lowest BCUT2D eigenvalue weighted by atomic mass is 10.0. The Labute approximate surface area is 131 Å². The summed E-state index contributed by atoms with van der Waals surface area (Å²) >= 11 is 6.17. The third kappa shape index (κ3) is 3.92. The average molecular weight is 305 g/mol. The smallest absolute Gasteiger partial charge is 0.161 e. The summed E-state index contributed by atoms with van der Waals surface area (Å²) in [4.78, 5) is 0. The molecule has 0 aliphatic heterocycles. The van der Waals surface area contributed by atoms with E-state index in [1.807, 2.05) is 25.1 Å². The van der Waals surface area contributed by atoms with Gasteiger partial charge in [0.15, 0.2) is 11.5 Å². The molecule has 2 aromatic carbocycles. The summed E-state index contributed by atoms with van der Waals surface area (Å²) < 4.78 is 10.9. The molecule has 0 unspecified atom stereocenters. The summed E-state index contributed by atoms with van der Waals surface area (Å²) in [5.41, 5.74) is 3.69. The van der Waals surface area contributed by atoms with Gasteiger partial charge in [-0.15, -0.1) is 0 Å². The molecule has 0 aromatic heterocycles. The normalized spacial score (nSPS) is 10.5. The maximum atomic E-state index is 6.17. The molecule has 2 nitrogen and oxygen atoms in total. The highest BCUT2D eigenvalue weighted by Crippen LogP contribution is 2.29. The number of ether oxygens (including phenoxy) is 2. The molecule has 2 aromatic rings. The molecule has 0 fully saturated rings. The van der Waals surface area contributed by atoms with Gasteiger partial charge in [0, 0.05) is 5.02 Å². The second-order valence-corrected chi connectivity index (χ2v) is 5.35. The Kier molecular flexibility index (Phi) is 5.51. The van der Waals surface area contributed by atoms with Crippen LogP contribution in [-0.2, 0) is 12.8 Å². The van der Waals surface area contributed by atoms with Crippen LogP contribution in [0.5, 0.6) is 11.5 Å². The second-order valence-electron chi connectivity index (χ2n) is 4.94. The Bertz CT molecular complexity index is 608. The Morgan fingerprint density at radius 2 is 1.86 bits per heavy atom. The monoisotopic (exact) mass is 304 g/mol. The van der Waals surface area contributed by atoms with Crippen molar-refractivity contribution in [1.29, 1.82) is 0 Å². The highest BCUT2D eigenvalue weighted by molar-refractivity contribution is 6.31. The van der Waals surface area contributed by atoms with Gasteiger partial charge in [-0.05, 0) is 61.6 Å². The number of benzene rings is 2. The van der Waals surface area contributed by atoms with Crippen molar-refractivity contribution in [2.45, 2.75) is 26.7 Å². The molecule has 0 atom stereocenters. The van der Waals surface area contributed by atoms with Crippen LogP contribution in [0, 0.1) is 6.92 Å². The molecule has 0 aliphatic rings. The Hall–Kier alpha value is -1.67. The summed E-state index contributed by atoms with van der Waals surface area (Å²) in [6, 6.07) is 12.2. The molecule has 21 heavy (non-hydrogen) atoms. The van der Waals surface area contributed by atoms with E-state index in [2.05, 4.69) is 25.1 Å². The fraction of sp³-hybridized carbons (Fsp3) is 0.333. The largest absolute Gasteiger partial charge is 0.493 e. The molecule has 112 valence electrons. The topological polar surface area (TPSA) is 18.5 Å². The van der Waals surface area contributed by atoms with Crippen LogP contribution in [0.15, 0.2) is 36.4 Å². The van der Waals surface area contributed by atoms with E-state index in [1.165, 1.54) is 11.1 Å². The molecular weight excluding hydrogens is 284 g/mol. The molecular formula is C18H21ClO2. The van der Waals surface area contributed by atoms with Crippen LogP contribution in [0.1, 0.15) is 23.6 Å². The summed E-state index contributed by atoms with van der Waals surface area (Å²) in [6.07, 6.45) is 1.91. The van der Waals surface area contributed by atoms with Crippen LogP contribution in [0.25, 0.3) is 0 Å². The molecule has 0 amide bonds. The van der Waals surface area contributed by atoms with Crippen molar-refractivity contribution in [2.75, 3.05) is 13.7 Å². The highest BCUT2D eigenvalue weighted by atomic mass is 35.5. The predicted molar refractivity (Wildman–Crippen MR) is 87.8 cm³/mol. The van der Waals surface area contributed by atoms with Gasteiger partial charge in [-0.3, -0.25) is 0 Å². The molecule has 0 aliphatic carbocycles. The standard InChI is InChI=1S/C18H21ClO2/c1-4-21-18-12-14(9-11-17(18)20-3)8-10-15-6-5-7-16(19)13(15)2/h5-7,9,11-12H,4,8,10H2,1-3H3. The van der Waals surface area contributed by atoms with Crippen molar-refractivity contribution in [3.8, 4) is 11.5 Å². The van der Waals surface area contributed by atoms with E-state index in [9.17, 15) is 0 Å². The third-order valence-electron chi connectivity index (χ3n) is 3.59. The summed E-state index contributed by atoms with van der Waals surface area (Å²) in [5.74, 6) is 1.58. The van der Waals surface area contributed by atoms with E-state index in [0.29, 0.717) is 6.61 Å². The van der Waals surface area contributed by atoms with Crippen molar-refractivity contribution in [3.63, 3.8) is 0 Å². The van der Waals surface area contributed by atoms with Crippen molar-refractivity contribution >= 4 is 11.6 Å². The van der Waals surface area contributed by atoms with Crippen molar-refractivity contribution in [2.24, 2.45) is 0 Å². The number of hydrogen-bond acceptors (Lipinski definition) is 2. The van der Waals surface area contributed by atoms with Gasteiger partial charge in [0.25, 0.3) is 0 Å². The molecule has 3 heteroatoms. The third-order valence-corrected chi connectivity index (χ3v) is 4.00. The Balaban J connectivity index is 2.13. The first-order chi connectivity index (χ1) is 10.2. The molecule has 0 spiro atoms. The van der Waals surface area contributed by atoms with E-state index in [1.54, 1.807) is 7.11 Å². The Morgan fingerprint density at radius 3 is 2.57 bits per heavy atom. The SMILES string of the molecule is CCOc1cc(CCc2cccc(Cl)c2C)ccc1OC. The van der Waals surface area contributed by atoms with Gasteiger partial charge in [-0.25, -0.2) is 0 Å². The second kappa shape index (κ2) is 7.37. The minimum absolute atomic E-state index is 0.632. The maximum absolute atomic E-state index is 6.17. The van der Waals surface area contributed by atoms with Gasteiger partial charge in [0.05, 0.1) is 13.7 Å². The van der Waals surface area contributed by atoms with E-state index >= 15 is 0 Å².